The summed E-state index contributed by atoms with van der Waals surface area (Å²) < 4.78 is 41.2. The van der Waals surface area contributed by atoms with Crippen LogP contribution in [0.4, 0.5) is 24.0 Å². The first kappa shape index (κ1) is 24.9. The maximum Gasteiger partial charge on any atom is 0.417 e. The van der Waals surface area contributed by atoms with Crippen LogP contribution >= 0.6 is 11.3 Å². The van der Waals surface area contributed by atoms with Crippen molar-refractivity contribution >= 4 is 27.7 Å². The summed E-state index contributed by atoms with van der Waals surface area (Å²) in [7, 11) is 0. The second-order valence-electron chi connectivity index (χ2n) is 9.23. The molecule has 0 atom stereocenters. The van der Waals surface area contributed by atoms with Crippen molar-refractivity contribution < 1.29 is 18.3 Å². The first-order chi connectivity index (χ1) is 17.6. The number of alkyl halides is 3. The van der Waals surface area contributed by atoms with Gasteiger partial charge in [0.25, 0.3) is 0 Å². The zero-order valence-corrected chi connectivity index (χ0v) is 20.8. The molecular formula is C24H23F3N8OS. The van der Waals surface area contributed by atoms with Gasteiger partial charge in [-0.25, -0.2) is 4.52 Å². The molecule has 192 valence electrons. The van der Waals surface area contributed by atoms with Crippen LogP contribution in [-0.2, 0) is 0 Å². The van der Waals surface area contributed by atoms with Gasteiger partial charge in [0.15, 0.2) is 10.6 Å². The number of nitrogens with one attached hydrogen (secondary N) is 1. The Balaban J connectivity index is 1.44. The van der Waals surface area contributed by atoms with Gasteiger partial charge in [-0.05, 0) is 38.1 Å². The molecular weight excluding hydrogens is 505 g/mol. The van der Waals surface area contributed by atoms with Crippen molar-refractivity contribution in [1.82, 2.24) is 24.8 Å². The second kappa shape index (κ2) is 9.28. The second-order valence-corrected chi connectivity index (χ2v) is 10.2. The van der Waals surface area contributed by atoms with E-state index in [2.05, 4.69) is 31.7 Å². The minimum Gasteiger partial charge on any atom is -0.382 e. The molecule has 13 heteroatoms. The summed E-state index contributed by atoms with van der Waals surface area (Å²) in [6.07, 6.45) is -2.31. The van der Waals surface area contributed by atoms with Crippen molar-refractivity contribution in [2.75, 3.05) is 23.3 Å². The lowest BCUT2D eigenvalue weighted by molar-refractivity contribution is -0.266. The molecule has 4 aromatic rings. The van der Waals surface area contributed by atoms with Crippen molar-refractivity contribution in [1.29, 1.82) is 5.26 Å². The SMILES string of the molecule is CC(C)Nc1cc(-c2ccc3cc(C#N)cnn23)ncc1-c1nnc(N2CCC(O)(C(F)(F)F)CC2)s1. The summed E-state index contributed by atoms with van der Waals surface area (Å²) in [6, 6.07) is 9.57. The molecule has 1 aliphatic rings. The third kappa shape index (κ3) is 4.70. The largest absolute Gasteiger partial charge is 0.417 e. The molecule has 37 heavy (non-hydrogen) atoms. The number of piperidine rings is 1. The Bertz CT molecular complexity index is 1480. The Labute approximate surface area is 214 Å². The molecule has 0 saturated carbocycles. The van der Waals surface area contributed by atoms with Gasteiger partial charge < -0.3 is 15.3 Å². The summed E-state index contributed by atoms with van der Waals surface area (Å²) in [4.78, 5) is 6.34. The van der Waals surface area contributed by atoms with Crippen LogP contribution in [0, 0.1) is 11.3 Å². The number of aromatic nitrogens is 5. The molecule has 1 saturated heterocycles. The predicted molar refractivity (Wildman–Crippen MR) is 133 cm³/mol. The van der Waals surface area contributed by atoms with Crippen LogP contribution in [0.1, 0.15) is 32.3 Å². The molecule has 0 aliphatic carbocycles. The molecule has 5 heterocycles. The third-order valence-corrected chi connectivity index (χ3v) is 7.29. The number of aliphatic hydroxyl groups is 1. The average Bonchev–Trinajstić information content (AvgIpc) is 3.50. The number of anilines is 2. The number of halogens is 3. The fraction of sp³-hybridized carbons (Fsp3) is 0.375. The lowest BCUT2D eigenvalue weighted by Gasteiger charge is -2.38. The van der Waals surface area contributed by atoms with Gasteiger partial charge in [-0.2, -0.15) is 23.5 Å². The van der Waals surface area contributed by atoms with E-state index < -0.39 is 24.6 Å². The number of hydrogen-bond acceptors (Lipinski definition) is 9. The molecule has 5 rings (SSSR count). The highest BCUT2D eigenvalue weighted by Gasteiger charge is 2.54. The Hall–Kier alpha value is -3.76. The highest BCUT2D eigenvalue weighted by molar-refractivity contribution is 7.18. The highest BCUT2D eigenvalue weighted by Crippen LogP contribution is 2.41. The molecule has 2 N–H and O–H groups in total. The summed E-state index contributed by atoms with van der Waals surface area (Å²) in [6.45, 7) is 4.06. The van der Waals surface area contributed by atoms with Gasteiger partial charge in [-0.1, -0.05) is 11.3 Å². The van der Waals surface area contributed by atoms with Crippen molar-refractivity contribution in [3.8, 4) is 28.0 Å². The summed E-state index contributed by atoms with van der Waals surface area (Å²) in [5, 5.41) is 36.4. The van der Waals surface area contributed by atoms with Gasteiger partial charge in [0.2, 0.25) is 5.13 Å². The molecule has 0 aromatic carbocycles. The Morgan fingerprint density at radius 1 is 1.16 bits per heavy atom. The Morgan fingerprint density at radius 2 is 1.92 bits per heavy atom. The zero-order valence-electron chi connectivity index (χ0n) is 20.0. The van der Waals surface area contributed by atoms with Crippen molar-refractivity contribution in [2.45, 2.75) is 44.5 Å². The van der Waals surface area contributed by atoms with Gasteiger partial charge in [-0.3, -0.25) is 4.98 Å². The van der Waals surface area contributed by atoms with E-state index in [9.17, 15) is 18.3 Å². The van der Waals surface area contributed by atoms with Crippen LogP contribution in [0.5, 0.6) is 0 Å². The lowest BCUT2D eigenvalue weighted by Crippen LogP contribution is -2.53. The quantitative estimate of drug-likeness (QED) is 0.389. The smallest absolute Gasteiger partial charge is 0.382 e. The maximum atomic E-state index is 13.2. The topological polar surface area (TPSA) is 115 Å². The van der Waals surface area contributed by atoms with Crippen LogP contribution in [0.25, 0.3) is 27.5 Å². The third-order valence-electron chi connectivity index (χ3n) is 6.27. The highest BCUT2D eigenvalue weighted by atomic mass is 32.1. The summed E-state index contributed by atoms with van der Waals surface area (Å²) in [5.41, 5.74) is 1.47. The Morgan fingerprint density at radius 3 is 2.59 bits per heavy atom. The maximum absolute atomic E-state index is 13.2. The van der Waals surface area contributed by atoms with E-state index in [4.69, 9.17) is 5.26 Å². The van der Waals surface area contributed by atoms with E-state index >= 15 is 0 Å². The van der Waals surface area contributed by atoms with Crippen molar-refractivity contribution in [2.24, 2.45) is 0 Å². The molecule has 9 nitrogen and oxygen atoms in total. The number of nitrogens with zero attached hydrogens (tertiary/aromatic N) is 7. The van der Waals surface area contributed by atoms with Crippen molar-refractivity contribution in [3.05, 3.63) is 42.2 Å². The first-order valence-electron chi connectivity index (χ1n) is 11.6. The van der Waals surface area contributed by atoms with E-state index in [1.807, 2.05) is 32.0 Å². The predicted octanol–water partition coefficient (Wildman–Crippen LogP) is 4.50. The molecule has 0 bridgehead atoms. The van der Waals surface area contributed by atoms with Gasteiger partial charge in [-0.15, -0.1) is 10.2 Å². The minimum absolute atomic E-state index is 0.0285. The molecule has 0 amide bonds. The van der Waals surface area contributed by atoms with E-state index in [0.29, 0.717) is 27.0 Å². The van der Waals surface area contributed by atoms with Crippen molar-refractivity contribution in [3.63, 3.8) is 0 Å². The number of hydrogen-bond donors (Lipinski definition) is 2. The van der Waals surface area contributed by atoms with E-state index in [1.165, 1.54) is 17.5 Å². The zero-order chi connectivity index (χ0) is 26.4. The van der Waals surface area contributed by atoms with E-state index in [1.54, 1.807) is 21.7 Å². The average molecular weight is 529 g/mol. The number of pyridine rings is 1. The standard InChI is InChI=1S/C24H23F3N8OS/c1-14(2)31-18-10-19(20-4-3-16-9-15(11-28)12-30-35(16)20)29-13-17(18)21-32-33-22(37-21)34-7-5-23(36,6-8-34)24(25,26)27/h3-4,9-10,12-14,36H,5-8H2,1-2H3,(H,29,31). The molecule has 1 fully saturated rings. The van der Waals surface area contributed by atoms with Gasteiger partial charge >= 0.3 is 6.18 Å². The first-order valence-corrected chi connectivity index (χ1v) is 12.4. The van der Waals surface area contributed by atoms with Gasteiger partial charge in [0.1, 0.15) is 6.07 Å². The van der Waals surface area contributed by atoms with E-state index in [0.717, 1.165) is 16.9 Å². The fourth-order valence-electron chi connectivity index (χ4n) is 4.25. The molecule has 0 unspecified atom stereocenters. The summed E-state index contributed by atoms with van der Waals surface area (Å²) in [5.74, 6) is 0. The monoisotopic (exact) mass is 528 g/mol. The fourth-order valence-corrected chi connectivity index (χ4v) is 5.17. The van der Waals surface area contributed by atoms with Crippen LogP contribution < -0.4 is 10.2 Å². The van der Waals surface area contributed by atoms with Crippen LogP contribution in [0.15, 0.2) is 36.7 Å². The summed E-state index contributed by atoms with van der Waals surface area (Å²) >= 11 is 1.26. The number of fused-ring (bicyclic) bond motifs is 1. The van der Waals surface area contributed by atoms with Crippen LogP contribution in [0.3, 0.4) is 0 Å². The number of nitriles is 1. The van der Waals surface area contributed by atoms with E-state index in [-0.39, 0.29) is 19.1 Å². The number of rotatable bonds is 5. The van der Waals surface area contributed by atoms with Gasteiger partial charge in [0.05, 0.1) is 34.2 Å². The molecule has 0 spiro atoms. The van der Waals surface area contributed by atoms with Gasteiger partial charge in [0, 0.05) is 43.9 Å². The van der Waals surface area contributed by atoms with Crippen LogP contribution in [-0.4, -0.2) is 60.8 Å². The Kier molecular flexibility index (Phi) is 6.25. The molecule has 1 aliphatic heterocycles. The minimum atomic E-state index is -4.66. The van der Waals surface area contributed by atoms with Crippen LogP contribution in [0.2, 0.25) is 0 Å². The molecule has 0 radical (unpaired) electrons. The lowest BCUT2D eigenvalue weighted by atomic mass is 9.91. The molecule has 4 aromatic heterocycles. The normalized spacial score (nSPS) is 15.8.